The maximum absolute atomic E-state index is 12.6. The summed E-state index contributed by atoms with van der Waals surface area (Å²) in [5, 5.41) is 34.5. The number of rotatable bonds is 11. The zero-order chi connectivity index (χ0) is 29.4. The van der Waals surface area contributed by atoms with Gasteiger partial charge in [-0.15, -0.1) is 0 Å². The highest BCUT2D eigenvalue weighted by molar-refractivity contribution is 5.69. The van der Waals surface area contributed by atoms with Crippen molar-refractivity contribution in [3.63, 3.8) is 0 Å². The second-order valence-corrected chi connectivity index (χ2v) is 10.3. The van der Waals surface area contributed by atoms with E-state index < -0.39 is 72.7 Å². The number of aliphatic hydroxyl groups excluding tert-OH is 1. The van der Waals surface area contributed by atoms with Gasteiger partial charge in [-0.1, -0.05) is 45.7 Å². The van der Waals surface area contributed by atoms with Crippen LogP contribution in [0.3, 0.4) is 0 Å². The highest BCUT2D eigenvalue weighted by Gasteiger charge is 2.55. The van der Waals surface area contributed by atoms with Gasteiger partial charge in [-0.2, -0.15) is 0 Å². The quantitative estimate of drug-likeness (QED) is 0.198. The van der Waals surface area contributed by atoms with Crippen LogP contribution >= 0.6 is 0 Å². The number of ether oxygens (including phenoxy) is 3. The number of amides is 1. The molecule has 0 aromatic heterocycles. The van der Waals surface area contributed by atoms with E-state index in [1.54, 1.807) is 0 Å². The number of alkyl carbamates (subject to hydrolysis) is 1. The van der Waals surface area contributed by atoms with Crippen LogP contribution in [0.4, 0.5) is 4.79 Å². The molecule has 17 heteroatoms. The summed E-state index contributed by atoms with van der Waals surface area (Å²) in [4.78, 5) is 32.5. The molecule has 1 heterocycles. The number of hydrogen-bond acceptors (Lipinski definition) is 9. The van der Waals surface area contributed by atoms with Crippen LogP contribution in [-0.2, 0) is 25.6 Å². The van der Waals surface area contributed by atoms with Gasteiger partial charge < -0.3 is 29.7 Å². The third-order valence-electron chi connectivity index (χ3n) is 7.74. The third kappa shape index (κ3) is 7.30. The number of carbonyl (C=O) groups excluding carboxylic acids is 1. The summed E-state index contributed by atoms with van der Waals surface area (Å²) < 4.78 is 17.7. The van der Waals surface area contributed by atoms with Crippen LogP contribution in [0.25, 0.3) is 31.3 Å². The summed E-state index contributed by atoms with van der Waals surface area (Å²) in [6, 6.07) is 6.39. The van der Waals surface area contributed by atoms with E-state index >= 15 is 0 Å². The number of nitrogens with one attached hydrogen (secondary N) is 1. The van der Waals surface area contributed by atoms with Gasteiger partial charge in [0.25, 0.3) is 0 Å². The fourth-order valence-corrected chi connectivity index (χ4v) is 5.53. The van der Waals surface area contributed by atoms with Crippen molar-refractivity contribution >= 4 is 12.1 Å². The first-order valence-electron chi connectivity index (χ1n) is 13.1. The summed E-state index contributed by atoms with van der Waals surface area (Å²) in [7, 11) is 0. The maximum Gasteiger partial charge on any atom is 0.407 e. The van der Waals surface area contributed by atoms with Gasteiger partial charge in [0, 0.05) is 26.7 Å². The van der Waals surface area contributed by atoms with Crippen molar-refractivity contribution in [2.75, 3.05) is 0 Å². The normalized spacial score (nSPS) is 31.7. The van der Waals surface area contributed by atoms with E-state index in [2.05, 4.69) is 35.4 Å². The lowest BCUT2D eigenvalue weighted by Gasteiger charge is -2.45. The van der Waals surface area contributed by atoms with Gasteiger partial charge in [0.05, 0.1) is 42.4 Å². The van der Waals surface area contributed by atoms with Gasteiger partial charge in [-0.25, -0.2) is 4.79 Å². The number of hydrogen-bond donors (Lipinski definition) is 3. The van der Waals surface area contributed by atoms with Crippen LogP contribution in [0.1, 0.15) is 44.1 Å². The molecule has 1 saturated heterocycles. The average Bonchev–Trinajstić information content (AvgIpc) is 3.73. The Kier molecular flexibility index (Phi) is 9.73. The van der Waals surface area contributed by atoms with E-state index in [4.69, 9.17) is 30.8 Å². The number of aliphatic carboxylic acids is 1. The van der Waals surface area contributed by atoms with Gasteiger partial charge in [0.2, 0.25) is 0 Å². The fraction of sp³-hybridized carbons (Fsp3) is 0.667. The van der Waals surface area contributed by atoms with Crippen molar-refractivity contribution in [2.24, 2.45) is 21.3 Å². The lowest BCUT2D eigenvalue weighted by atomic mass is 9.76. The predicted molar refractivity (Wildman–Crippen MR) is 140 cm³/mol. The molecule has 0 spiro atoms. The van der Waals surface area contributed by atoms with E-state index in [1.807, 2.05) is 30.3 Å². The molecule has 0 bridgehead atoms. The second-order valence-electron chi connectivity index (χ2n) is 10.3. The summed E-state index contributed by atoms with van der Waals surface area (Å²) in [5.74, 6) is -2.26. The molecule has 4 rings (SSSR count). The van der Waals surface area contributed by atoms with Gasteiger partial charge >= 0.3 is 12.1 Å². The molecule has 1 aromatic carbocycles. The minimum Gasteiger partial charge on any atom is -0.481 e. The van der Waals surface area contributed by atoms with Crippen LogP contribution < -0.4 is 5.32 Å². The second kappa shape index (κ2) is 13.4. The van der Waals surface area contributed by atoms with Gasteiger partial charge in [-0.3, -0.25) is 4.79 Å². The van der Waals surface area contributed by atoms with E-state index in [9.17, 15) is 19.8 Å². The molecule has 8 atom stereocenters. The van der Waals surface area contributed by atoms with Crippen LogP contribution in [-0.4, -0.2) is 70.5 Å². The summed E-state index contributed by atoms with van der Waals surface area (Å²) in [5.41, 5.74) is 27.3. The maximum atomic E-state index is 12.6. The Balaban J connectivity index is 1.49. The van der Waals surface area contributed by atoms with Gasteiger partial charge in [-0.05, 0) is 54.3 Å². The van der Waals surface area contributed by atoms with Crippen LogP contribution in [0.15, 0.2) is 45.7 Å². The number of carboxylic acids is 1. The molecule has 218 valence electrons. The average molecular weight is 571 g/mol. The number of aliphatic hydroxyl groups is 1. The predicted octanol–water partition coefficient (Wildman–Crippen LogP) is 4.23. The Labute approximate surface area is 233 Å². The SMILES string of the molecule is [N-]=[N+]=N[C@H]1C[C@@H](N=[N+]=[N-])[C@H](CC(=O)O)[C@H](O)[C@@H]1O[C@H]1O[C@H](C2(NC(=O)OCc3ccccc3)CC2)CC[C@H]1N=[N+]=[N-]. The zero-order valence-electron chi connectivity index (χ0n) is 21.9. The molecule has 17 nitrogen and oxygen atoms in total. The first-order valence-corrected chi connectivity index (χ1v) is 13.1. The number of carboxylic acid groups (broad SMARTS) is 1. The molecule has 1 aliphatic heterocycles. The minimum atomic E-state index is -1.51. The van der Waals surface area contributed by atoms with Crippen LogP contribution in [0.2, 0.25) is 0 Å². The summed E-state index contributed by atoms with van der Waals surface area (Å²) >= 11 is 0. The van der Waals surface area contributed by atoms with Crippen molar-refractivity contribution in [1.29, 1.82) is 0 Å². The van der Waals surface area contributed by atoms with Gasteiger partial charge in [0.1, 0.15) is 6.61 Å². The molecule has 2 aliphatic carbocycles. The Bertz CT molecular complexity index is 1240. The molecule has 3 aliphatic rings. The summed E-state index contributed by atoms with van der Waals surface area (Å²) in [6.07, 6.45) is -3.76. The zero-order valence-corrected chi connectivity index (χ0v) is 21.9. The highest BCUT2D eigenvalue weighted by Crippen LogP contribution is 2.45. The van der Waals surface area contributed by atoms with Crippen molar-refractivity contribution in [3.8, 4) is 0 Å². The summed E-state index contributed by atoms with van der Waals surface area (Å²) in [6.45, 7) is 0.0910. The lowest BCUT2D eigenvalue weighted by Crippen LogP contribution is -2.57. The molecule has 41 heavy (non-hydrogen) atoms. The lowest BCUT2D eigenvalue weighted by molar-refractivity contribution is -0.254. The molecule has 3 fully saturated rings. The largest absolute Gasteiger partial charge is 0.481 e. The Morgan fingerprint density at radius 1 is 1.02 bits per heavy atom. The van der Waals surface area contributed by atoms with Crippen LogP contribution in [0, 0.1) is 5.92 Å². The highest BCUT2D eigenvalue weighted by atomic mass is 16.7. The van der Waals surface area contributed by atoms with E-state index in [-0.39, 0.29) is 13.0 Å². The van der Waals surface area contributed by atoms with E-state index in [0.29, 0.717) is 25.7 Å². The molecule has 3 N–H and O–H groups in total. The molecule has 2 saturated carbocycles. The number of benzene rings is 1. The number of azide groups is 3. The molecular weight excluding hydrogens is 540 g/mol. The van der Waals surface area contributed by atoms with Crippen molar-refractivity contribution < 1.29 is 34.0 Å². The Morgan fingerprint density at radius 2 is 1.68 bits per heavy atom. The van der Waals surface area contributed by atoms with E-state index in [1.165, 1.54) is 0 Å². The van der Waals surface area contributed by atoms with Crippen LogP contribution in [0.5, 0.6) is 0 Å². The fourth-order valence-electron chi connectivity index (χ4n) is 5.53. The first-order chi connectivity index (χ1) is 19.8. The monoisotopic (exact) mass is 570 g/mol. The van der Waals surface area contributed by atoms with Crippen molar-refractivity contribution in [2.45, 2.75) is 93.4 Å². The molecule has 0 radical (unpaired) electrons. The van der Waals surface area contributed by atoms with Crippen molar-refractivity contribution in [3.05, 3.63) is 67.2 Å². The molecular formula is C24H30N10O7. The van der Waals surface area contributed by atoms with Gasteiger partial charge in [0.15, 0.2) is 6.29 Å². The smallest absolute Gasteiger partial charge is 0.407 e. The number of carbonyl (C=O) groups is 2. The molecule has 1 amide bonds. The first kappa shape index (κ1) is 29.7. The minimum absolute atomic E-state index is 0.0745. The number of nitrogens with zero attached hydrogens (tertiary/aromatic N) is 9. The third-order valence-corrected chi connectivity index (χ3v) is 7.74. The molecule has 1 aromatic rings. The standard InChI is InChI=1S/C24H30N10O7/c25-32-29-15-6-7-18(24(8-9-24)28-23(38)39-12-13-4-2-1-3-5-13)40-22(15)41-21-17(31-34-27)11-16(30-33-26)14(20(21)37)10-19(35)36/h1-5,14-18,20-22,37H,6-12H2,(H,28,38)(H,35,36)/t14-,15+,16+,17-,18-,20-,21+,22+/m0/s1. The van der Waals surface area contributed by atoms with Crippen molar-refractivity contribution in [1.82, 2.24) is 5.32 Å². The van der Waals surface area contributed by atoms with E-state index in [0.717, 1.165) is 5.56 Å². The molecule has 0 unspecified atom stereocenters. The Morgan fingerprint density at radius 3 is 2.32 bits per heavy atom. The topological polar surface area (TPSA) is 261 Å². The Hall–Kier alpha value is -4.23.